The van der Waals surface area contributed by atoms with Crippen LogP contribution >= 0.6 is 11.3 Å². The van der Waals surface area contributed by atoms with E-state index in [-0.39, 0.29) is 22.6 Å². The standard InChI is InChI=1S/C26H29N7OS/c1-25(2,3)20-14-35-24(30-20)33-21-18(22(34)32(33)17-5-6-17)13-27-23(31-21)29-16-4-7-19-15(12-16)8-11-28-26(19)9-10-26/h4,7,12-14,17,28H,5-6,8-11H2,1-3H3,(H,27,29,31). The van der Waals surface area contributed by atoms with Gasteiger partial charge < -0.3 is 10.6 Å². The van der Waals surface area contributed by atoms with Crippen molar-refractivity contribution in [1.29, 1.82) is 0 Å². The number of rotatable bonds is 4. The molecule has 35 heavy (non-hydrogen) atoms. The van der Waals surface area contributed by atoms with Gasteiger partial charge >= 0.3 is 0 Å². The van der Waals surface area contributed by atoms with E-state index in [2.05, 4.69) is 60.0 Å². The molecule has 0 bridgehead atoms. The van der Waals surface area contributed by atoms with E-state index in [0.29, 0.717) is 17.0 Å². The molecule has 0 amide bonds. The molecule has 4 aromatic rings. The summed E-state index contributed by atoms with van der Waals surface area (Å²) in [6, 6.07) is 6.76. The van der Waals surface area contributed by atoms with Crippen LogP contribution < -0.4 is 16.2 Å². The maximum Gasteiger partial charge on any atom is 0.278 e. The monoisotopic (exact) mass is 487 g/mol. The number of anilines is 2. The smallest absolute Gasteiger partial charge is 0.278 e. The topological polar surface area (TPSA) is 89.7 Å². The van der Waals surface area contributed by atoms with Crippen LogP contribution in [-0.2, 0) is 17.4 Å². The van der Waals surface area contributed by atoms with Crippen molar-refractivity contribution in [2.45, 2.75) is 69.9 Å². The minimum atomic E-state index is -0.0644. The average Bonchev–Trinajstić information content (AvgIpc) is 3.73. The minimum Gasteiger partial charge on any atom is -0.324 e. The second-order valence-corrected chi connectivity index (χ2v) is 12.0. The molecule has 3 aromatic heterocycles. The number of benzene rings is 1. The number of nitrogens with zero attached hydrogens (tertiary/aromatic N) is 5. The summed E-state index contributed by atoms with van der Waals surface area (Å²) in [5.41, 5.74) is 5.51. The van der Waals surface area contributed by atoms with E-state index in [9.17, 15) is 4.79 Å². The van der Waals surface area contributed by atoms with E-state index < -0.39 is 0 Å². The normalized spacial score (nSPS) is 18.7. The van der Waals surface area contributed by atoms with Crippen molar-refractivity contribution in [2.24, 2.45) is 0 Å². The lowest BCUT2D eigenvalue weighted by molar-refractivity contribution is 0.490. The lowest BCUT2D eigenvalue weighted by Crippen LogP contribution is -2.36. The van der Waals surface area contributed by atoms with Crippen molar-refractivity contribution < 1.29 is 0 Å². The lowest BCUT2D eigenvalue weighted by Gasteiger charge is -2.27. The van der Waals surface area contributed by atoms with E-state index >= 15 is 0 Å². The van der Waals surface area contributed by atoms with Crippen LogP contribution in [0.3, 0.4) is 0 Å². The molecule has 9 heteroatoms. The molecule has 0 radical (unpaired) electrons. The first-order valence-corrected chi connectivity index (χ1v) is 13.3. The number of nitrogens with one attached hydrogen (secondary N) is 2. The second-order valence-electron chi connectivity index (χ2n) is 11.1. The third-order valence-corrected chi connectivity index (χ3v) is 8.26. The van der Waals surface area contributed by atoms with Gasteiger partial charge in [0.1, 0.15) is 5.39 Å². The Labute approximate surface area is 207 Å². The number of aromatic nitrogens is 5. The van der Waals surface area contributed by atoms with Crippen LogP contribution in [0.25, 0.3) is 16.2 Å². The van der Waals surface area contributed by atoms with Crippen molar-refractivity contribution in [3.8, 4) is 5.13 Å². The van der Waals surface area contributed by atoms with Crippen LogP contribution in [0.5, 0.6) is 0 Å². The predicted molar refractivity (Wildman–Crippen MR) is 138 cm³/mol. The van der Waals surface area contributed by atoms with Gasteiger partial charge in [0.15, 0.2) is 5.65 Å². The van der Waals surface area contributed by atoms with Crippen LogP contribution in [0.15, 0.2) is 34.6 Å². The second kappa shape index (κ2) is 7.24. The fraction of sp³-hybridized carbons (Fsp3) is 0.462. The van der Waals surface area contributed by atoms with Gasteiger partial charge in [-0.05, 0) is 55.4 Å². The fourth-order valence-electron chi connectivity index (χ4n) is 5.18. The fourth-order valence-corrected chi connectivity index (χ4v) is 6.22. The highest BCUT2D eigenvalue weighted by molar-refractivity contribution is 7.12. The first-order valence-electron chi connectivity index (χ1n) is 12.4. The zero-order valence-electron chi connectivity index (χ0n) is 20.3. The van der Waals surface area contributed by atoms with Crippen LogP contribution in [0.1, 0.15) is 69.3 Å². The first kappa shape index (κ1) is 21.3. The molecule has 2 N–H and O–H groups in total. The average molecular weight is 488 g/mol. The van der Waals surface area contributed by atoms with Crippen LogP contribution in [0, 0.1) is 0 Å². The zero-order chi connectivity index (χ0) is 23.9. The van der Waals surface area contributed by atoms with Gasteiger partial charge in [0.2, 0.25) is 11.1 Å². The van der Waals surface area contributed by atoms with Crippen LogP contribution in [-0.4, -0.2) is 30.9 Å². The number of hydrogen-bond donors (Lipinski definition) is 2. The molecular formula is C26H29N7OS. The molecule has 2 fully saturated rings. The highest BCUT2D eigenvalue weighted by Crippen LogP contribution is 2.49. The summed E-state index contributed by atoms with van der Waals surface area (Å²) in [5.74, 6) is 0.488. The molecule has 1 aromatic carbocycles. The van der Waals surface area contributed by atoms with E-state index in [4.69, 9.17) is 9.97 Å². The van der Waals surface area contributed by atoms with Crippen molar-refractivity contribution in [2.75, 3.05) is 11.9 Å². The van der Waals surface area contributed by atoms with Gasteiger partial charge in [0.25, 0.3) is 5.56 Å². The third kappa shape index (κ3) is 3.43. The van der Waals surface area contributed by atoms with Gasteiger partial charge in [-0.2, -0.15) is 4.98 Å². The molecule has 2 aliphatic carbocycles. The molecule has 0 saturated heterocycles. The van der Waals surface area contributed by atoms with Gasteiger partial charge in [0, 0.05) is 34.8 Å². The summed E-state index contributed by atoms with van der Waals surface area (Å²) < 4.78 is 3.74. The van der Waals surface area contributed by atoms with E-state index in [0.717, 1.165) is 42.3 Å². The molecule has 2 saturated carbocycles. The Hall–Kier alpha value is -3.04. The molecule has 180 valence electrons. The minimum absolute atomic E-state index is 0.0439. The van der Waals surface area contributed by atoms with E-state index in [1.54, 1.807) is 17.5 Å². The van der Waals surface area contributed by atoms with E-state index in [1.807, 2.05) is 9.36 Å². The number of fused-ring (bicyclic) bond motifs is 3. The van der Waals surface area contributed by atoms with Crippen LogP contribution in [0.4, 0.5) is 11.6 Å². The van der Waals surface area contributed by atoms with Crippen molar-refractivity contribution in [3.05, 3.63) is 57.0 Å². The largest absolute Gasteiger partial charge is 0.324 e. The van der Waals surface area contributed by atoms with Crippen molar-refractivity contribution >= 4 is 34.0 Å². The molecular weight excluding hydrogens is 458 g/mol. The maximum atomic E-state index is 13.3. The summed E-state index contributed by atoms with van der Waals surface area (Å²) >= 11 is 1.55. The molecule has 7 rings (SSSR count). The Balaban J connectivity index is 1.30. The Kier molecular flexibility index (Phi) is 4.40. The zero-order valence-corrected chi connectivity index (χ0v) is 21.1. The van der Waals surface area contributed by atoms with Gasteiger partial charge in [-0.15, -0.1) is 11.3 Å². The SMILES string of the molecule is CC(C)(C)c1csc(-n2c3nc(Nc4ccc5c(c4)CCNC54CC4)ncc3c(=O)n2C2CC2)n1. The molecule has 4 heterocycles. The highest BCUT2D eigenvalue weighted by Gasteiger charge is 2.46. The van der Waals surface area contributed by atoms with E-state index in [1.165, 1.54) is 24.0 Å². The Morgan fingerprint density at radius 2 is 2.03 bits per heavy atom. The quantitative estimate of drug-likeness (QED) is 0.439. The van der Waals surface area contributed by atoms with Gasteiger partial charge in [-0.25, -0.2) is 19.3 Å². The van der Waals surface area contributed by atoms with Crippen molar-refractivity contribution in [3.63, 3.8) is 0 Å². The molecule has 3 aliphatic rings. The van der Waals surface area contributed by atoms with Gasteiger partial charge in [0.05, 0.1) is 11.7 Å². The molecule has 0 unspecified atom stereocenters. The first-order chi connectivity index (χ1) is 16.8. The summed E-state index contributed by atoms with van der Waals surface area (Å²) in [6.45, 7) is 7.47. The Bertz CT molecular complexity index is 1530. The van der Waals surface area contributed by atoms with Gasteiger partial charge in [-0.1, -0.05) is 26.8 Å². The van der Waals surface area contributed by atoms with Gasteiger partial charge in [-0.3, -0.25) is 4.79 Å². The Morgan fingerprint density at radius 1 is 1.20 bits per heavy atom. The maximum absolute atomic E-state index is 13.3. The highest BCUT2D eigenvalue weighted by atomic mass is 32.1. The molecule has 8 nitrogen and oxygen atoms in total. The molecule has 1 aliphatic heterocycles. The summed E-state index contributed by atoms with van der Waals surface area (Å²) in [7, 11) is 0. The Morgan fingerprint density at radius 3 is 2.74 bits per heavy atom. The lowest BCUT2D eigenvalue weighted by atomic mass is 9.92. The predicted octanol–water partition coefficient (Wildman–Crippen LogP) is 4.55. The van der Waals surface area contributed by atoms with Crippen molar-refractivity contribution in [1.82, 2.24) is 29.6 Å². The van der Waals surface area contributed by atoms with Crippen LogP contribution in [0.2, 0.25) is 0 Å². The summed E-state index contributed by atoms with van der Waals surface area (Å²) in [4.78, 5) is 27.6. The third-order valence-electron chi connectivity index (χ3n) is 7.44. The molecule has 1 spiro atoms. The molecule has 0 atom stereocenters. The summed E-state index contributed by atoms with van der Waals surface area (Å²) in [5, 5.41) is 10.5. The number of thiazole rings is 1. The summed E-state index contributed by atoms with van der Waals surface area (Å²) in [6.07, 6.45) is 7.11. The number of hydrogen-bond acceptors (Lipinski definition) is 7.